The van der Waals surface area contributed by atoms with Gasteiger partial charge in [-0.05, 0) is 109 Å². The van der Waals surface area contributed by atoms with Crippen molar-refractivity contribution in [1.82, 2.24) is 25.3 Å². The maximum absolute atomic E-state index is 12.3. The topological polar surface area (TPSA) is 174 Å². The van der Waals surface area contributed by atoms with Crippen LogP contribution in [0.15, 0.2) is 48.8 Å². The van der Waals surface area contributed by atoms with Crippen molar-refractivity contribution in [1.29, 1.82) is 0 Å². The Bertz CT molecular complexity index is 2130. The second-order valence-corrected chi connectivity index (χ2v) is 19.1. The van der Waals surface area contributed by atoms with E-state index >= 15 is 0 Å². The van der Waals surface area contributed by atoms with Crippen LogP contribution >= 0.6 is 23.2 Å². The summed E-state index contributed by atoms with van der Waals surface area (Å²) in [5.74, 6) is 4.67. The summed E-state index contributed by atoms with van der Waals surface area (Å²) in [4.78, 5) is 35.2. The molecule has 0 bridgehead atoms. The van der Waals surface area contributed by atoms with Crippen molar-refractivity contribution in [3.63, 3.8) is 0 Å². The van der Waals surface area contributed by atoms with E-state index in [1.807, 2.05) is 77.2 Å². The van der Waals surface area contributed by atoms with Crippen LogP contribution in [0.2, 0.25) is 10.0 Å². The lowest BCUT2D eigenvalue weighted by Gasteiger charge is -2.30. The Labute approximate surface area is 346 Å². The molecule has 4 aliphatic rings. The molecule has 304 valence electrons. The highest BCUT2D eigenvalue weighted by molar-refractivity contribution is 6.34. The average molecular weight is 816 g/mol. The molecule has 12 nitrogen and oxygen atoms in total. The maximum Gasteiger partial charge on any atom is 0.408 e. The van der Waals surface area contributed by atoms with Crippen LogP contribution in [-0.2, 0) is 4.74 Å². The molecule has 4 aromatic rings. The molecule has 6 atom stereocenters. The first-order chi connectivity index (χ1) is 26.8. The van der Waals surface area contributed by atoms with Gasteiger partial charge in [0.15, 0.2) is 11.6 Å². The molecular formula is C43H56Cl2N10O2. The van der Waals surface area contributed by atoms with Crippen LogP contribution in [0.4, 0.5) is 28.1 Å². The van der Waals surface area contributed by atoms with Gasteiger partial charge in [-0.25, -0.2) is 24.7 Å². The van der Waals surface area contributed by atoms with Crippen LogP contribution in [0.1, 0.15) is 71.4 Å². The monoisotopic (exact) mass is 814 g/mol. The first-order valence-corrected chi connectivity index (χ1v) is 20.6. The molecular weight excluding hydrogens is 759 g/mol. The number of alkyl carbamates (subject to hydrolysis) is 1. The maximum atomic E-state index is 12.3. The standard InChI is InChI=1S/C24H32ClN5O2.C19H24ClN5/c1-14-7-6-8-17(19(14)25)20-21(26)28-18(11-27-20)30-12-15-9-24(5,10-16(15)13-30)29-22(31)32-23(2,3)4;1-11-4-3-5-14(16(11)20)17-18(21)24-15(8-23-17)25-9-12-6-19(2,22)7-13(12)10-25/h6-8,11,15-16H,9-10,12-13H2,1-5H3,(H2,26,28)(H,29,31);3-5,8,12-13H,6-7,9-10,22H2,1-2H3,(H2,21,24)/t15-,16+,24?;12-,13+,19?. The summed E-state index contributed by atoms with van der Waals surface area (Å²) in [5.41, 5.74) is 22.9. The molecule has 2 aromatic carbocycles. The fourth-order valence-electron chi connectivity index (χ4n) is 9.52. The molecule has 0 spiro atoms. The van der Waals surface area contributed by atoms with Gasteiger partial charge in [0.2, 0.25) is 0 Å². The van der Waals surface area contributed by atoms with Crippen LogP contribution in [0.25, 0.3) is 22.5 Å². The minimum atomic E-state index is -0.501. The van der Waals surface area contributed by atoms with E-state index in [0.717, 1.165) is 85.8 Å². The fourth-order valence-corrected chi connectivity index (χ4v) is 9.95. The van der Waals surface area contributed by atoms with Crippen molar-refractivity contribution in [2.75, 3.05) is 47.4 Å². The predicted molar refractivity (Wildman–Crippen MR) is 230 cm³/mol. The minimum absolute atomic E-state index is 0.0160. The number of carbonyl (C=O) groups excluding carboxylic acids is 1. The molecule has 2 unspecified atom stereocenters. The fraction of sp³-hybridized carbons (Fsp3) is 0.512. The van der Waals surface area contributed by atoms with Crippen LogP contribution < -0.4 is 32.3 Å². The normalized spacial score (nSPS) is 26.5. The minimum Gasteiger partial charge on any atom is -0.444 e. The molecule has 57 heavy (non-hydrogen) atoms. The summed E-state index contributed by atoms with van der Waals surface area (Å²) in [5, 5.41) is 4.42. The number of aryl methyl sites for hydroxylation is 2. The number of hydrogen-bond acceptors (Lipinski definition) is 11. The zero-order valence-electron chi connectivity index (χ0n) is 34.1. The zero-order valence-corrected chi connectivity index (χ0v) is 35.6. The predicted octanol–water partition coefficient (Wildman–Crippen LogP) is 8.07. The number of anilines is 4. The smallest absolute Gasteiger partial charge is 0.408 e. The van der Waals surface area contributed by atoms with Crippen LogP contribution in [-0.4, -0.2) is 68.9 Å². The van der Waals surface area contributed by atoms with Crippen LogP contribution in [0, 0.1) is 37.5 Å². The third kappa shape index (κ3) is 8.88. The lowest BCUT2D eigenvalue weighted by molar-refractivity contribution is 0.0462. The number of hydrogen-bond donors (Lipinski definition) is 4. The molecule has 2 saturated carbocycles. The largest absolute Gasteiger partial charge is 0.444 e. The SMILES string of the molecule is Cc1cccc(-c2ncc(N3C[C@@H]4CC(C)(N)C[C@@H]4C3)nc2N)c1Cl.Cc1cccc(-c2ncc(N3C[C@@H]4CC(C)(NC(=O)OC(C)(C)C)C[C@@H]4C3)nc2N)c1Cl. The van der Waals surface area contributed by atoms with E-state index in [0.29, 0.717) is 56.7 Å². The van der Waals surface area contributed by atoms with Gasteiger partial charge in [-0.3, -0.25) is 0 Å². The van der Waals surface area contributed by atoms with Gasteiger partial charge in [-0.2, -0.15) is 0 Å². The summed E-state index contributed by atoms with van der Waals surface area (Å²) in [6.45, 7) is 17.5. The highest BCUT2D eigenvalue weighted by atomic mass is 35.5. The molecule has 2 aliphatic carbocycles. The van der Waals surface area contributed by atoms with Crippen molar-refractivity contribution in [3.8, 4) is 22.5 Å². The molecule has 4 heterocycles. The van der Waals surface area contributed by atoms with E-state index in [1.54, 1.807) is 6.20 Å². The number of aromatic nitrogens is 4. The summed E-state index contributed by atoms with van der Waals surface area (Å²) >= 11 is 12.9. The third-order valence-corrected chi connectivity index (χ3v) is 13.0. The van der Waals surface area contributed by atoms with Crippen molar-refractivity contribution >= 4 is 52.6 Å². The van der Waals surface area contributed by atoms with Crippen molar-refractivity contribution in [3.05, 3.63) is 70.0 Å². The Kier molecular flexibility index (Phi) is 11.0. The Morgan fingerprint density at radius 1 is 0.754 bits per heavy atom. The van der Waals surface area contributed by atoms with Gasteiger partial charge in [-0.15, -0.1) is 0 Å². The van der Waals surface area contributed by atoms with Gasteiger partial charge in [0, 0.05) is 48.4 Å². The Morgan fingerprint density at radius 3 is 1.54 bits per heavy atom. The average Bonchev–Trinajstić information content (AvgIpc) is 3.83. The van der Waals surface area contributed by atoms with Crippen LogP contribution in [0.5, 0.6) is 0 Å². The number of ether oxygens (including phenoxy) is 1. The van der Waals surface area contributed by atoms with E-state index in [1.165, 1.54) is 0 Å². The summed E-state index contributed by atoms with van der Waals surface area (Å²) < 4.78 is 5.45. The second-order valence-electron chi connectivity index (χ2n) is 18.3. The molecule has 0 radical (unpaired) electrons. The Morgan fingerprint density at radius 2 is 1.16 bits per heavy atom. The van der Waals surface area contributed by atoms with Crippen molar-refractivity contribution < 1.29 is 9.53 Å². The molecule has 14 heteroatoms. The van der Waals surface area contributed by atoms with Crippen molar-refractivity contribution in [2.45, 2.75) is 90.8 Å². The molecule has 2 aliphatic heterocycles. The number of nitrogens with zero attached hydrogens (tertiary/aromatic N) is 6. The Balaban J connectivity index is 0.000000179. The van der Waals surface area contributed by atoms with Gasteiger partial charge < -0.3 is 37.1 Å². The van der Waals surface area contributed by atoms with Gasteiger partial charge in [0.1, 0.15) is 28.6 Å². The number of rotatable bonds is 5. The van der Waals surface area contributed by atoms with E-state index in [4.69, 9.17) is 45.1 Å². The first-order valence-electron chi connectivity index (χ1n) is 19.8. The van der Waals surface area contributed by atoms with Gasteiger partial charge >= 0.3 is 6.09 Å². The summed E-state index contributed by atoms with van der Waals surface area (Å²) in [7, 11) is 0. The summed E-state index contributed by atoms with van der Waals surface area (Å²) in [6, 6.07) is 11.7. The number of nitrogens with two attached hydrogens (primary N) is 3. The lowest BCUT2D eigenvalue weighted by atomic mass is 9.98. The molecule has 2 aromatic heterocycles. The first kappa shape index (κ1) is 40.8. The number of nitrogen functional groups attached to an aromatic ring is 2. The quantitative estimate of drug-likeness (QED) is 0.153. The molecule has 1 amide bonds. The highest BCUT2D eigenvalue weighted by Gasteiger charge is 2.48. The lowest BCUT2D eigenvalue weighted by Crippen LogP contribution is -2.47. The molecule has 4 fully saturated rings. The highest BCUT2D eigenvalue weighted by Crippen LogP contribution is 2.46. The van der Waals surface area contributed by atoms with Gasteiger partial charge in [0.25, 0.3) is 0 Å². The van der Waals surface area contributed by atoms with Gasteiger partial charge in [-0.1, -0.05) is 59.6 Å². The number of carbonyl (C=O) groups is 1. The third-order valence-electron chi connectivity index (χ3n) is 12.0. The summed E-state index contributed by atoms with van der Waals surface area (Å²) in [6.07, 6.45) is 7.22. The second kappa shape index (κ2) is 15.4. The van der Waals surface area contributed by atoms with Crippen LogP contribution in [0.3, 0.4) is 0 Å². The molecule has 8 rings (SSSR count). The number of halogens is 2. The van der Waals surface area contributed by atoms with Gasteiger partial charge in [0.05, 0.1) is 22.4 Å². The molecule has 2 saturated heterocycles. The van der Waals surface area contributed by atoms with E-state index < -0.39 is 5.60 Å². The van der Waals surface area contributed by atoms with E-state index in [-0.39, 0.29) is 17.2 Å². The van der Waals surface area contributed by atoms with Crippen molar-refractivity contribution in [2.24, 2.45) is 29.4 Å². The Hall–Kier alpha value is -4.39. The number of fused-ring (bicyclic) bond motifs is 2. The number of amides is 1. The molecule has 7 N–H and O–H groups in total. The zero-order chi connectivity index (χ0) is 41.0. The number of benzene rings is 2. The van der Waals surface area contributed by atoms with E-state index in [9.17, 15) is 4.79 Å². The van der Waals surface area contributed by atoms with E-state index in [2.05, 4.69) is 48.9 Å². The number of nitrogens with one attached hydrogen (secondary N) is 1.